The molecule has 1 heteroatoms. The van der Waals surface area contributed by atoms with Gasteiger partial charge in [0.15, 0.2) is 0 Å². The van der Waals surface area contributed by atoms with Crippen LogP contribution in [0, 0.1) is 0 Å². The van der Waals surface area contributed by atoms with Crippen LogP contribution in [-0.2, 0) is 0 Å². The molecule has 1 rings (SSSR count). The molecule has 0 aliphatic carbocycles. The number of thioether (sulfide) groups is 1. The quantitative estimate of drug-likeness (QED) is 0.434. The molecule has 40 valence electrons. The van der Waals surface area contributed by atoms with Gasteiger partial charge in [-0.3, -0.25) is 0 Å². The summed E-state index contributed by atoms with van der Waals surface area (Å²) >= 11 is 2.05. The number of hydrogen-bond acceptors (Lipinski definition) is 1. The highest BCUT2D eigenvalue weighted by Gasteiger charge is 1.88. The fourth-order valence-corrected chi connectivity index (χ4v) is 1.45. The third-order valence-electron chi connectivity index (χ3n) is 1.02. The summed E-state index contributed by atoms with van der Waals surface area (Å²) in [5.74, 6) is 2.66. The van der Waals surface area contributed by atoms with Crippen LogP contribution in [0.3, 0.4) is 0 Å². The number of hydrogen-bond donors (Lipinski definition) is 0. The van der Waals surface area contributed by atoms with Crippen molar-refractivity contribution in [1.29, 1.82) is 0 Å². The van der Waals surface area contributed by atoms with Crippen LogP contribution in [0.5, 0.6) is 0 Å². The van der Waals surface area contributed by atoms with E-state index < -0.39 is 0 Å². The van der Waals surface area contributed by atoms with Gasteiger partial charge in [0.1, 0.15) is 0 Å². The zero-order valence-corrected chi connectivity index (χ0v) is 5.21. The molecule has 0 atom stereocenters. The molecule has 0 aromatic carbocycles. The van der Waals surface area contributed by atoms with Crippen LogP contribution in [0.4, 0.5) is 0 Å². The van der Waals surface area contributed by atoms with Crippen molar-refractivity contribution in [2.45, 2.75) is 12.8 Å². The maximum absolute atomic E-state index is 2.28. The van der Waals surface area contributed by atoms with Gasteiger partial charge in [0.05, 0.1) is 0 Å². The van der Waals surface area contributed by atoms with Crippen molar-refractivity contribution in [3.05, 3.63) is 12.2 Å². The number of allylic oxidation sites excluding steroid dienone is 2. The standard InChI is InChI=1S/C6H10S/c1-2-4-6-7-5-3-1/h1-2H,3-6H2. The van der Waals surface area contributed by atoms with Crippen LogP contribution in [-0.4, -0.2) is 11.5 Å². The van der Waals surface area contributed by atoms with Gasteiger partial charge in [-0.05, 0) is 24.3 Å². The lowest BCUT2D eigenvalue weighted by Crippen LogP contribution is -1.72. The van der Waals surface area contributed by atoms with Gasteiger partial charge in [0.2, 0.25) is 0 Å². The Balaban J connectivity index is 2.20. The molecule has 1 aliphatic rings. The second-order valence-corrected chi connectivity index (χ2v) is 2.89. The van der Waals surface area contributed by atoms with E-state index in [4.69, 9.17) is 0 Å². The molecule has 7 heavy (non-hydrogen) atoms. The van der Waals surface area contributed by atoms with Crippen molar-refractivity contribution in [3.63, 3.8) is 0 Å². The summed E-state index contributed by atoms with van der Waals surface area (Å²) in [4.78, 5) is 0. The smallest absolute Gasteiger partial charge is 0.00328 e. The lowest BCUT2D eigenvalue weighted by molar-refractivity contribution is 1.22. The van der Waals surface area contributed by atoms with E-state index in [0.717, 1.165) is 0 Å². The molecular formula is C6H10S. The van der Waals surface area contributed by atoms with Crippen molar-refractivity contribution < 1.29 is 0 Å². The first kappa shape index (κ1) is 5.23. The minimum atomic E-state index is 1.28. The second-order valence-electron chi connectivity index (χ2n) is 1.66. The van der Waals surface area contributed by atoms with E-state index in [1.54, 1.807) is 0 Å². The third-order valence-corrected chi connectivity index (χ3v) is 2.07. The fourth-order valence-electron chi connectivity index (χ4n) is 0.641. The van der Waals surface area contributed by atoms with Gasteiger partial charge in [0.25, 0.3) is 0 Å². The lowest BCUT2D eigenvalue weighted by Gasteiger charge is -1.87. The molecule has 1 aliphatic heterocycles. The van der Waals surface area contributed by atoms with Gasteiger partial charge in [-0.25, -0.2) is 0 Å². The maximum atomic E-state index is 2.28. The van der Waals surface area contributed by atoms with E-state index in [-0.39, 0.29) is 0 Å². The van der Waals surface area contributed by atoms with Gasteiger partial charge < -0.3 is 0 Å². The normalized spacial score (nSPS) is 21.7. The van der Waals surface area contributed by atoms with Crippen molar-refractivity contribution in [2.75, 3.05) is 11.5 Å². The zero-order valence-electron chi connectivity index (χ0n) is 4.39. The van der Waals surface area contributed by atoms with E-state index in [1.807, 2.05) is 0 Å². The second kappa shape index (κ2) is 3.14. The molecule has 0 radical (unpaired) electrons. The Hall–Kier alpha value is 0.0900. The van der Waals surface area contributed by atoms with Crippen molar-refractivity contribution >= 4 is 11.8 Å². The third kappa shape index (κ3) is 2.03. The SMILES string of the molecule is C1=CCCSCC1. The molecule has 0 spiro atoms. The summed E-state index contributed by atoms with van der Waals surface area (Å²) in [5, 5.41) is 0. The topological polar surface area (TPSA) is 0 Å². The summed E-state index contributed by atoms with van der Waals surface area (Å²) in [6.45, 7) is 0. The van der Waals surface area contributed by atoms with Crippen LogP contribution in [0.2, 0.25) is 0 Å². The highest BCUT2D eigenvalue weighted by molar-refractivity contribution is 7.99. The maximum Gasteiger partial charge on any atom is -0.00328 e. The van der Waals surface area contributed by atoms with Crippen LogP contribution in [0.25, 0.3) is 0 Å². The molecule has 0 unspecified atom stereocenters. The van der Waals surface area contributed by atoms with Crippen molar-refractivity contribution in [1.82, 2.24) is 0 Å². The predicted octanol–water partition coefficient (Wildman–Crippen LogP) is 2.07. The summed E-state index contributed by atoms with van der Waals surface area (Å²) in [7, 11) is 0. The highest BCUT2D eigenvalue weighted by atomic mass is 32.2. The Kier molecular flexibility index (Phi) is 2.35. The first-order chi connectivity index (χ1) is 3.50. The summed E-state index contributed by atoms with van der Waals surface area (Å²) in [5.41, 5.74) is 0. The average molecular weight is 114 g/mol. The Morgan fingerprint density at radius 3 is 2.14 bits per heavy atom. The summed E-state index contributed by atoms with van der Waals surface area (Å²) in [6, 6.07) is 0. The minimum absolute atomic E-state index is 1.28. The first-order valence-electron chi connectivity index (χ1n) is 2.73. The molecule has 0 bridgehead atoms. The summed E-state index contributed by atoms with van der Waals surface area (Å²) < 4.78 is 0. The van der Waals surface area contributed by atoms with Gasteiger partial charge >= 0.3 is 0 Å². The van der Waals surface area contributed by atoms with E-state index in [0.29, 0.717) is 0 Å². The molecule has 0 saturated carbocycles. The Labute approximate surface area is 49.0 Å². The lowest BCUT2D eigenvalue weighted by atomic mass is 10.4. The molecule has 0 amide bonds. The van der Waals surface area contributed by atoms with Crippen molar-refractivity contribution in [3.8, 4) is 0 Å². The average Bonchev–Trinajstić information content (AvgIpc) is 1.90. The van der Waals surface area contributed by atoms with Gasteiger partial charge in [-0.2, -0.15) is 11.8 Å². The largest absolute Gasteiger partial charge is 0.161 e. The molecule has 0 aromatic heterocycles. The fraction of sp³-hybridized carbons (Fsp3) is 0.667. The van der Waals surface area contributed by atoms with Crippen LogP contribution < -0.4 is 0 Å². The first-order valence-corrected chi connectivity index (χ1v) is 3.88. The molecular weight excluding hydrogens is 104 g/mol. The Morgan fingerprint density at radius 2 is 1.57 bits per heavy atom. The van der Waals surface area contributed by atoms with E-state index in [2.05, 4.69) is 23.9 Å². The molecule has 0 nitrogen and oxygen atoms in total. The minimum Gasteiger partial charge on any atom is -0.161 e. The molecule has 0 aromatic rings. The van der Waals surface area contributed by atoms with Gasteiger partial charge in [-0.1, -0.05) is 12.2 Å². The van der Waals surface area contributed by atoms with E-state index in [9.17, 15) is 0 Å². The summed E-state index contributed by atoms with van der Waals surface area (Å²) in [6.07, 6.45) is 7.12. The molecule has 0 saturated heterocycles. The van der Waals surface area contributed by atoms with Crippen LogP contribution >= 0.6 is 11.8 Å². The molecule has 0 N–H and O–H groups in total. The van der Waals surface area contributed by atoms with Crippen LogP contribution in [0.1, 0.15) is 12.8 Å². The molecule has 0 fully saturated rings. The van der Waals surface area contributed by atoms with E-state index >= 15 is 0 Å². The number of rotatable bonds is 0. The van der Waals surface area contributed by atoms with Gasteiger partial charge in [-0.15, -0.1) is 0 Å². The van der Waals surface area contributed by atoms with Gasteiger partial charge in [0, 0.05) is 0 Å². The van der Waals surface area contributed by atoms with E-state index in [1.165, 1.54) is 24.3 Å². The zero-order chi connectivity index (χ0) is 4.95. The Morgan fingerprint density at radius 1 is 1.00 bits per heavy atom. The predicted molar refractivity (Wildman–Crippen MR) is 35.7 cm³/mol. The monoisotopic (exact) mass is 114 g/mol. The highest BCUT2D eigenvalue weighted by Crippen LogP contribution is 2.09. The Bertz CT molecular complexity index is 58.6. The van der Waals surface area contributed by atoms with Crippen molar-refractivity contribution in [2.24, 2.45) is 0 Å². The van der Waals surface area contributed by atoms with Crippen LogP contribution in [0.15, 0.2) is 12.2 Å². The molecule has 1 heterocycles.